The van der Waals surface area contributed by atoms with Gasteiger partial charge in [-0.25, -0.2) is 4.79 Å². The molecule has 0 radical (unpaired) electrons. The molecule has 4 nitrogen and oxygen atoms in total. The summed E-state index contributed by atoms with van der Waals surface area (Å²) in [6.07, 6.45) is 1.44. The molecule has 0 fully saturated rings. The Morgan fingerprint density at radius 1 is 1.23 bits per heavy atom. The van der Waals surface area contributed by atoms with Crippen molar-refractivity contribution in [3.05, 3.63) is 53.2 Å². The van der Waals surface area contributed by atoms with Crippen LogP contribution in [0.3, 0.4) is 0 Å². The Balaban J connectivity index is 2.47. The van der Waals surface area contributed by atoms with E-state index in [1.807, 2.05) is 13.8 Å². The fourth-order valence-corrected chi connectivity index (χ4v) is 1.85. The van der Waals surface area contributed by atoms with Crippen molar-refractivity contribution in [2.24, 2.45) is 5.92 Å². The quantitative estimate of drug-likeness (QED) is 0.861. The first kappa shape index (κ1) is 15.3. The molecule has 22 heavy (non-hydrogen) atoms. The van der Waals surface area contributed by atoms with Crippen LogP contribution in [-0.4, -0.2) is 16.1 Å². The number of pyridine rings is 1. The van der Waals surface area contributed by atoms with Crippen LogP contribution >= 0.6 is 0 Å². The average molecular weight is 290 g/mol. The Kier molecular flexibility index (Phi) is 4.56. The average Bonchev–Trinajstić information content (AvgIpc) is 2.52. The van der Waals surface area contributed by atoms with E-state index in [0.717, 1.165) is 0 Å². The summed E-state index contributed by atoms with van der Waals surface area (Å²) >= 11 is 0. The van der Waals surface area contributed by atoms with Crippen LogP contribution in [0, 0.1) is 29.1 Å². The molecular formula is C18H14N2O2. The fraction of sp³-hybridized carbons (Fsp3) is 0.167. The molecule has 4 heteroatoms. The van der Waals surface area contributed by atoms with Crippen molar-refractivity contribution in [2.75, 3.05) is 0 Å². The van der Waals surface area contributed by atoms with Gasteiger partial charge in [-0.05, 0) is 24.3 Å². The summed E-state index contributed by atoms with van der Waals surface area (Å²) in [4.78, 5) is 15.2. The van der Waals surface area contributed by atoms with E-state index in [0.29, 0.717) is 22.4 Å². The third kappa shape index (κ3) is 3.50. The van der Waals surface area contributed by atoms with Crippen molar-refractivity contribution in [3.8, 4) is 29.2 Å². The minimum atomic E-state index is -1.01. The van der Waals surface area contributed by atoms with Crippen molar-refractivity contribution in [1.29, 1.82) is 5.26 Å². The molecule has 0 aliphatic carbocycles. The number of aromatic carboxylic acids is 1. The van der Waals surface area contributed by atoms with Gasteiger partial charge in [-0.15, -0.1) is 0 Å². The van der Waals surface area contributed by atoms with E-state index in [1.54, 1.807) is 18.2 Å². The number of carboxylic acid groups (broad SMARTS) is 1. The normalized spacial score (nSPS) is 9.73. The van der Waals surface area contributed by atoms with E-state index in [2.05, 4.69) is 22.9 Å². The summed E-state index contributed by atoms with van der Waals surface area (Å²) in [5.41, 5.74) is 2.48. The topological polar surface area (TPSA) is 74.0 Å². The lowest BCUT2D eigenvalue weighted by molar-refractivity contribution is 0.0697. The molecule has 2 aromatic rings. The molecule has 0 bridgehead atoms. The summed E-state index contributed by atoms with van der Waals surface area (Å²) in [6.45, 7) is 3.96. The monoisotopic (exact) mass is 290 g/mol. The van der Waals surface area contributed by atoms with Crippen molar-refractivity contribution in [1.82, 2.24) is 4.98 Å². The maximum Gasteiger partial charge on any atom is 0.335 e. The highest BCUT2D eigenvalue weighted by molar-refractivity contribution is 5.88. The van der Waals surface area contributed by atoms with Crippen LogP contribution in [-0.2, 0) is 0 Å². The van der Waals surface area contributed by atoms with Crippen LogP contribution in [0.25, 0.3) is 11.3 Å². The zero-order valence-corrected chi connectivity index (χ0v) is 12.3. The van der Waals surface area contributed by atoms with Crippen molar-refractivity contribution in [2.45, 2.75) is 13.8 Å². The molecule has 0 aliphatic heterocycles. The molecule has 1 aromatic heterocycles. The summed E-state index contributed by atoms with van der Waals surface area (Å²) < 4.78 is 0. The van der Waals surface area contributed by atoms with E-state index in [-0.39, 0.29) is 11.5 Å². The van der Waals surface area contributed by atoms with Gasteiger partial charge in [-0.2, -0.15) is 5.26 Å². The standard InChI is InChI=1S/C18H14N2O2/c1-12(2)3-4-13-5-6-14(9-16(13)11-19)17-10-15(18(21)22)7-8-20-17/h5-10,12H,1-2H3,(H,21,22). The minimum absolute atomic E-state index is 0.159. The molecule has 0 saturated carbocycles. The molecule has 0 amide bonds. The SMILES string of the molecule is CC(C)C#Cc1ccc(-c2cc(C(=O)O)ccn2)cc1C#N. The van der Waals surface area contributed by atoms with Gasteiger partial charge in [0.15, 0.2) is 0 Å². The van der Waals surface area contributed by atoms with Gasteiger partial charge in [0.1, 0.15) is 6.07 Å². The highest BCUT2D eigenvalue weighted by Gasteiger charge is 2.08. The number of hydrogen-bond donors (Lipinski definition) is 1. The highest BCUT2D eigenvalue weighted by atomic mass is 16.4. The number of aromatic nitrogens is 1. The molecule has 0 spiro atoms. The molecular weight excluding hydrogens is 276 g/mol. The van der Waals surface area contributed by atoms with Crippen LogP contribution < -0.4 is 0 Å². The van der Waals surface area contributed by atoms with Crippen LogP contribution in [0.5, 0.6) is 0 Å². The summed E-state index contributed by atoms with van der Waals surface area (Å²) in [7, 11) is 0. The molecule has 0 unspecified atom stereocenters. The van der Waals surface area contributed by atoms with Crippen molar-refractivity contribution < 1.29 is 9.90 Å². The number of benzene rings is 1. The predicted octanol–water partition coefficient (Wildman–Crippen LogP) is 3.33. The smallest absolute Gasteiger partial charge is 0.335 e. The third-order valence-electron chi connectivity index (χ3n) is 2.94. The van der Waals surface area contributed by atoms with Gasteiger partial charge >= 0.3 is 5.97 Å². The Labute approximate surface area is 129 Å². The Morgan fingerprint density at radius 2 is 2.00 bits per heavy atom. The molecule has 1 aromatic carbocycles. The number of hydrogen-bond acceptors (Lipinski definition) is 3. The van der Waals surface area contributed by atoms with E-state index in [4.69, 9.17) is 5.11 Å². The van der Waals surface area contributed by atoms with Gasteiger partial charge in [0.2, 0.25) is 0 Å². The van der Waals surface area contributed by atoms with Crippen molar-refractivity contribution >= 4 is 5.97 Å². The highest BCUT2D eigenvalue weighted by Crippen LogP contribution is 2.21. The lowest BCUT2D eigenvalue weighted by Gasteiger charge is -2.04. The van der Waals surface area contributed by atoms with E-state index >= 15 is 0 Å². The molecule has 108 valence electrons. The van der Waals surface area contributed by atoms with E-state index in [1.165, 1.54) is 18.3 Å². The van der Waals surface area contributed by atoms with Crippen LogP contribution in [0.2, 0.25) is 0 Å². The zero-order valence-electron chi connectivity index (χ0n) is 12.3. The van der Waals surface area contributed by atoms with E-state index < -0.39 is 5.97 Å². The summed E-state index contributed by atoms with van der Waals surface area (Å²) in [5, 5.41) is 18.3. The largest absolute Gasteiger partial charge is 0.478 e. The summed E-state index contributed by atoms with van der Waals surface area (Å²) in [6, 6.07) is 10.3. The van der Waals surface area contributed by atoms with Gasteiger partial charge in [0, 0.05) is 23.2 Å². The maximum atomic E-state index is 11.0. The van der Waals surface area contributed by atoms with Gasteiger partial charge in [-0.3, -0.25) is 4.98 Å². The van der Waals surface area contributed by atoms with Gasteiger partial charge < -0.3 is 5.11 Å². The van der Waals surface area contributed by atoms with Gasteiger partial charge in [0.05, 0.1) is 16.8 Å². The second kappa shape index (κ2) is 6.56. The minimum Gasteiger partial charge on any atom is -0.478 e. The lowest BCUT2D eigenvalue weighted by Crippen LogP contribution is -1.97. The number of nitriles is 1. The zero-order chi connectivity index (χ0) is 16.1. The molecule has 2 rings (SSSR count). The molecule has 0 atom stereocenters. The molecule has 1 heterocycles. The molecule has 1 N–H and O–H groups in total. The second-order valence-corrected chi connectivity index (χ2v) is 5.03. The maximum absolute atomic E-state index is 11.0. The first-order valence-electron chi connectivity index (χ1n) is 6.76. The van der Waals surface area contributed by atoms with Gasteiger partial charge in [-0.1, -0.05) is 31.8 Å². The van der Waals surface area contributed by atoms with E-state index in [9.17, 15) is 10.1 Å². The predicted molar refractivity (Wildman–Crippen MR) is 83.1 cm³/mol. The molecule has 0 aliphatic rings. The Morgan fingerprint density at radius 3 is 2.64 bits per heavy atom. The fourth-order valence-electron chi connectivity index (χ4n) is 1.85. The molecule has 0 saturated heterocycles. The third-order valence-corrected chi connectivity index (χ3v) is 2.94. The van der Waals surface area contributed by atoms with Gasteiger partial charge in [0.25, 0.3) is 0 Å². The van der Waals surface area contributed by atoms with Crippen LogP contribution in [0.15, 0.2) is 36.5 Å². The first-order valence-corrected chi connectivity index (χ1v) is 6.76. The number of rotatable bonds is 2. The van der Waals surface area contributed by atoms with Crippen molar-refractivity contribution in [3.63, 3.8) is 0 Å². The van der Waals surface area contributed by atoms with Crippen LogP contribution in [0.4, 0.5) is 0 Å². The number of carboxylic acids is 1. The summed E-state index contributed by atoms with van der Waals surface area (Å²) in [5.74, 6) is 5.22. The Hall–Kier alpha value is -3.11. The van der Waals surface area contributed by atoms with Crippen LogP contribution in [0.1, 0.15) is 35.3 Å². The lowest BCUT2D eigenvalue weighted by atomic mass is 10.0. The first-order chi connectivity index (χ1) is 10.5. The number of nitrogens with zero attached hydrogens (tertiary/aromatic N) is 2. The second-order valence-electron chi connectivity index (χ2n) is 5.03. The Bertz CT molecular complexity index is 821. The number of carbonyl (C=O) groups is 1.